The third kappa shape index (κ3) is 5.95. The molecule has 13 aromatic rings. The zero-order valence-corrected chi connectivity index (χ0v) is 34.4. The van der Waals surface area contributed by atoms with Crippen LogP contribution in [0.2, 0.25) is 0 Å². The quantitative estimate of drug-likeness (QED) is 0.167. The summed E-state index contributed by atoms with van der Waals surface area (Å²) in [4.78, 5) is 15.4. The topological polar surface area (TPSA) is 65.0 Å². The third-order valence-corrected chi connectivity index (χ3v) is 13.3. The van der Waals surface area contributed by atoms with E-state index in [2.05, 4.69) is 164 Å². The van der Waals surface area contributed by atoms with Gasteiger partial charge in [-0.1, -0.05) is 146 Å². The SMILES string of the molecule is c1ccc(-c2cccc(-c3nc(-c4ccc(-c5ccc(-c6ccc7sc8ccccc8c7c6)c6c5oc5ccccc56)cc4)nc(-c4ccc5c(c4)oc4ccccc45)n3)c2)cc1. The number of furan rings is 2. The van der Waals surface area contributed by atoms with Crippen molar-refractivity contribution < 1.29 is 8.83 Å². The summed E-state index contributed by atoms with van der Waals surface area (Å²) in [6, 6.07) is 69.8. The van der Waals surface area contributed by atoms with Gasteiger partial charge in [0.15, 0.2) is 17.5 Å². The van der Waals surface area contributed by atoms with Gasteiger partial charge in [-0.05, 0) is 82.4 Å². The Morgan fingerprint density at radius 1 is 0.302 bits per heavy atom. The van der Waals surface area contributed by atoms with Crippen molar-refractivity contribution in [3.8, 4) is 67.5 Å². The summed E-state index contributed by atoms with van der Waals surface area (Å²) < 4.78 is 15.6. The van der Waals surface area contributed by atoms with Gasteiger partial charge in [0.25, 0.3) is 0 Å². The number of para-hydroxylation sites is 2. The summed E-state index contributed by atoms with van der Waals surface area (Å²) in [6.45, 7) is 0. The number of nitrogens with zero attached hydrogens (tertiary/aromatic N) is 3. The first-order valence-corrected chi connectivity index (χ1v) is 21.8. The molecule has 6 heteroatoms. The maximum absolute atomic E-state index is 6.74. The van der Waals surface area contributed by atoms with Crippen molar-refractivity contribution >= 4 is 75.4 Å². The molecule has 0 saturated carbocycles. The highest BCUT2D eigenvalue weighted by atomic mass is 32.1. The molecule has 5 nitrogen and oxygen atoms in total. The van der Waals surface area contributed by atoms with Crippen LogP contribution in [-0.4, -0.2) is 15.0 Å². The summed E-state index contributed by atoms with van der Waals surface area (Å²) in [7, 11) is 0. The average molecular weight is 824 g/mol. The maximum atomic E-state index is 6.74. The van der Waals surface area contributed by atoms with E-state index in [1.54, 1.807) is 0 Å². The van der Waals surface area contributed by atoms with E-state index in [9.17, 15) is 0 Å². The van der Waals surface area contributed by atoms with Crippen molar-refractivity contribution in [2.75, 3.05) is 0 Å². The molecule has 0 saturated heterocycles. The second-order valence-corrected chi connectivity index (χ2v) is 17.0. The Labute approximate surface area is 365 Å². The Balaban J connectivity index is 0.933. The highest BCUT2D eigenvalue weighted by Gasteiger charge is 2.20. The van der Waals surface area contributed by atoms with Crippen LogP contribution in [0.3, 0.4) is 0 Å². The first-order valence-electron chi connectivity index (χ1n) is 21.0. The molecule has 9 aromatic carbocycles. The van der Waals surface area contributed by atoms with Crippen LogP contribution in [0.5, 0.6) is 0 Å². The molecule has 0 unspecified atom stereocenters. The molecule has 294 valence electrons. The normalized spacial score (nSPS) is 11.8. The minimum atomic E-state index is 0.569. The van der Waals surface area contributed by atoms with Gasteiger partial charge < -0.3 is 8.83 Å². The lowest BCUT2D eigenvalue weighted by Crippen LogP contribution is -2.00. The summed E-state index contributed by atoms with van der Waals surface area (Å²) >= 11 is 1.84. The fourth-order valence-electron chi connectivity index (χ4n) is 9.09. The zero-order valence-electron chi connectivity index (χ0n) is 33.6. The number of benzene rings is 9. The minimum Gasteiger partial charge on any atom is -0.456 e. The Morgan fingerprint density at radius 3 is 1.70 bits per heavy atom. The molecule has 0 fully saturated rings. The molecule has 0 aliphatic rings. The molecule has 0 atom stereocenters. The van der Waals surface area contributed by atoms with Gasteiger partial charge in [0.05, 0.1) is 0 Å². The largest absolute Gasteiger partial charge is 0.456 e. The summed E-state index contributed by atoms with van der Waals surface area (Å²) in [5.41, 5.74) is 12.6. The van der Waals surface area contributed by atoms with Crippen molar-refractivity contribution in [3.05, 3.63) is 200 Å². The maximum Gasteiger partial charge on any atom is 0.164 e. The number of hydrogen-bond donors (Lipinski definition) is 0. The van der Waals surface area contributed by atoms with Crippen molar-refractivity contribution in [2.24, 2.45) is 0 Å². The van der Waals surface area contributed by atoms with Crippen molar-refractivity contribution in [3.63, 3.8) is 0 Å². The van der Waals surface area contributed by atoms with Gasteiger partial charge in [-0.15, -0.1) is 11.3 Å². The van der Waals surface area contributed by atoms with Gasteiger partial charge in [-0.3, -0.25) is 0 Å². The smallest absolute Gasteiger partial charge is 0.164 e. The zero-order chi connectivity index (χ0) is 41.4. The van der Waals surface area contributed by atoms with Gasteiger partial charge in [-0.25, -0.2) is 15.0 Å². The molecule has 0 radical (unpaired) electrons. The molecule has 4 heterocycles. The molecule has 63 heavy (non-hydrogen) atoms. The van der Waals surface area contributed by atoms with Crippen LogP contribution in [-0.2, 0) is 0 Å². The van der Waals surface area contributed by atoms with Crippen LogP contribution in [0.4, 0.5) is 0 Å². The monoisotopic (exact) mass is 823 g/mol. The fourth-order valence-corrected chi connectivity index (χ4v) is 10.2. The summed E-state index contributed by atoms with van der Waals surface area (Å²) in [5.74, 6) is 1.74. The lowest BCUT2D eigenvalue weighted by atomic mass is 9.93. The third-order valence-electron chi connectivity index (χ3n) is 12.2. The van der Waals surface area contributed by atoms with E-state index in [1.165, 1.54) is 25.7 Å². The molecular formula is C57H33N3O2S. The first-order chi connectivity index (χ1) is 31.2. The van der Waals surface area contributed by atoms with Gasteiger partial charge >= 0.3 is 0 Å². The van der Waals surface area contributed by atoms with Gasteiger partial charge in [0, 0.05) is 64.0 Å². The number of hydrogen-bond acceptors (Lipinski definition) is 6. The van der Waals surface area contributed by atoms with Crippen molar-refractivity contribution in [2.45, 2.75) is 0 Å². The van der Waals surface area contributed by atoms with Gasteiger partial charge in [-0.2, -0.15) is 0 Å². The van der Waals surface area contributed by atoms with Crippen molar-refractivity contribution in [1.82, 2.24) is 15.0 Å². The molecular weight excluding hydrogens is 791 g/mol. The number of thiophene rings is 1. The van der Waals surface area contributed by atoms with Crippen LogP contribution >= 0.6 is 11.3 Å². The molecule has 13 rings (SSSR count). The number of rotatable bonds is 6. The fraction of sp³-hybridized carbons (Fsp3) is 0. The van der Waals surface area contributed by atoms with Crippen LogP contribution in [0.25, 0.3) is 132 Å². The van der Waals surface area contributed by atoms with Gasteiger partial charge in [0.2, 0.25) is 0 Å². The Hall–Kier alpha value is -8.19. The van der Waals surface area contributed by atoms with Crippen LogP contribution < -0.4 is 0 Å². The highest BCUT2D eigenvalue weighted by molar-refractivity contribution is 7.25. The predicted octanol–water partition coefficient (Wildman–Crippen LogP) is 16.0. The molecule has 4 aromatic heterocycles. The summed E-state index contributed by atoms with van der Waals surface area (Å²) in [6.07, 6.45) is 0. The Kier molecular flexibility index (Phi) is 8.01. The lowest BCUT2D eigenvalue weighted by Gasteiger charge is -2.11. The van der Waals surface area contributed by atoms with Crippen LogP contribution in [0.1, 0.15) is 0 Å². The van der Waals surface area contributed by atoms with E-state index in [-0.39, 0.29) is 0 Å². The predicted molar refractivity (Wildman–Crippen MR) is 260 cm³/mol. The molecule has 0 bridgehead atoms. The van der Waals surface area contributed by atoms with Crippen molar-refractivity contribution in [1.29, 1.82) is 0 Å². The van der Waals surface area contributed by atoms with E-state index < -0.39 is 0 Å². The van der Waals surface area contributed by atoms with Gasteiger partial charge in [0.1, 0.15) is 22.3 Å². The molecule has 0 N–H and O–H groups in total. The lowest BCUT2D eigenvalue weighted by molar-refractivity contribution is 0.669. The van der Waals surface area contributed by atoms with Crippen LogP contribution in [0.15, 0.2) is 209 Å². The highest BCUT2D eigenvalue weighted by Crippen LogP contribution is 2.44. The second kappa shape index (κ2) is 14.2. The standard InChI is InChI=1S/C57H33N3O2S/c1-2-11-34(12-3-1)37-13-10-14-39(31-37)56-58-55(59-57(60-56)40-25-27-44-43-15-4-7-18-48(43)61-50(44)33-40)36-23-21-35(22-24-36)42-29-28-41(53-46-17-5-8-19-49(46)62-54(42)53)38-26-30-52-47(32-38)45-16-6-9-20-51(45)63-52/h1-33H. The van der Waals surface area contributed by atoms with E-state index in [1.807, 2.05) is 47.7 Å². The minimum absolute atomic E-state index is 0.569. The number of aromatic nitrogens is 3. The first kappa shape index (κ1) is 35.6. The molecule has 0 spiro atoms. The van der Waals surface area contributed by atoms with E-state index in [4.69, 9.17) is 23.8 Å². The summed E-state index contributed by atoms with van der Waals surface area (Å²) in [5, 5.41) is 6.90. The molecule has 0 amide bonds. The van der Waals surface area contributed by atoms with E-state index in [0.717, 1.165) is 88.4 Å². The number of fused-ring (bicyclic) bond motifs is 9. The second-order valence-electron chi connectivity index (χ2n) is 15.9. The molecule has 0 aliphatic carbocycles. The van der Waals surface area contributed by atoms with E-state index >= 15 is 0 Å². The van der Waals surface area contributed by atoms with Crippen LogP contribution in [0, 0.1) is 0 Å². The average Bonchev–Trinajstić information content (AvgIpc) is 4.05. The van der Waals surface area contributed by atoms with E-state index in [0.29, 0.717) is 17.5 Å². The Bertz CT molecular complexity index is 3920. The Morgan fingerprint density at radius 2 is 0.873 bits per heavy atom. The molecule has 0 aliphatic heterocycles.